The van der Waals surface area contributed by atoms with Crippen LogP contribution in [-0.2, 0) is 9.59 Å². The summed E-state index contributed by atoms with van der Waals surface area (Å²) < 4.78 is 0. The van der Waals surface area contributed by atoms with Crippen molar-refractivity contribution < 1.29 is 9.59 Å². The topological polar surface area (TPSA) is 49.4 Å². The lowest BCUT2D eigenvalue weighted by molar-refractivity contribution is -0.156. The molecule has 0 radical (unpaired) electrons. The summed E-state index contributed by atoms with van der Waals surface area (Å²) in [6, 6.07) is -0.313. The number of carbonyl (C=O) groups is 2. The SMILES string of the molecule is CCSCCN1C(=O)C(C)(C2CC2)NC(=O)C1C(C)C. The molecule has 2 aliphatic rings. The van der Waals surface area contributed by atoms with E-state index in [1.54, 1.807) is 0 Å². The standard InChI is InChI=1S/C15H26N2O2S/c1-5-20-9-8-17-12(10(2)3)13(18)16-15(4,14(17)19)11-6-7-11/h10-12H,5-9H2,1-4H3,(H,16,18). The van der Waals surface area contributed by atoms with Crippen LogP contribution < -0.4 is 5.32 Å². The van der Waals surface area contributed by atoms with Crippen LogP contribution in [0.2, 0.25) is 0 Å². The Kier molecular flexibility index (Phi) is 4.67. The molecule has 1 saturated heterocycles. The van der Waals surface area contributed by atoms with E-state index in [9.17, 15) is 9.59 Å². The van der Waals surface area contributed by atoms with Crippen LogP contribution in [0.3, 0.4) is 0 Å². The van der Waals surface area contributed by atoms with E-state index < -0.39 is 5.54 Å². The molecule has 2 fully saturated rings. The molecule has 2 unspecified atom stereocenters. The van der Waals surface area contributed by atoms with Crippen molar-refractivity contribution in [2.45, 2.75) is 52.1 Å². The molecule has 0 aromatic carbocycles. The zero-order chi connectivity index (χ0) is 14.9. The Bertz CT molecular complexity index is 395. The van der Waals surface area contributed by atoms with E-state index in [1.165, 1.54) is 0 Å². The molecule has 114 valence electrons. The molecule has 1 aliphatic carbocycles. The first kappa shape index (κ1) is 15.7. The third kappa shape index (κ3) is 2.83. The van der Waals surface area contributed by atoms with Crippen LogP contribution in [0.4, 0.5) is 0 Å². The van der Waals surface area contributed by atoms with Crippen LogP contribution in [0.1, 0.15) is 40.5 Å². The van der Waals surface area contributed by atoms with E-state index >= 15 is 0 Å². The zero-order valence-corrected chi connectivity index (χ0v) is 13.8. The van der Waals surface area contributed by atoms with E-state index in [4.69, 9.17) is 0 Å². The van der Waals surface area contributed by atoms with Crippen molar-refractivity contribution in [2.24, 2.45) is 11.8 Å². The van der Waals surface area contributed by atoms with Gasteiger partial charge in [0.2, 0.25) is 11.8 Å². The molecule has 2 atom stereocenters. The molecule has 1 heterocycles. The van der Waals surface area contributed by atoms with Crippen LogP contribution in [0.25, 0.3) is 0 Å². The minimum absolute atomic E-state index is 0.0236. The molecular formula is C15H26N2O2S. The fourth-order valence-electron chi connectivity index (χ4n) is 3.10. The van der Waals surface area contributed by atoms with Gasteiger partial charge in [-0.25, -0.2) is 0 Å². The minimum Gasteiger partial charge on any atom is -0.340 e. The van der Waals surface area contributed by atoms with Crippen LogP contribution in [0.15, 0.2) is 0 Å². The number of nitrogens with zero attached hydrogens (tertiary/aromatic N) is 1. The van der Waals surface area contributed by atoms with Crippen molar-refractivity contribution in [3.8, 4) is 0 Å². The molecule has 20 heavy (non-hydrogen) atoms. The summed E-state index contributed by atoms with van der Waals surface area (Å²) in [5.41, 5.74) is -0.667. The third-order valence-corrected chi connectivity index (χ3v) is 5.28. The monoisotopic (exact) mass is 298 g/mol. The Hall–Kier alpha value is -0.710. The van der Waals surface area contributed by atoms with Gasteiger partial charge < -0.3 is 10.2 Å². The molecule has 0 spiro atoms. The number of hydrogen-bond acceptors (Lipinski definition) is 3. The largest absolute Gasteiger partial charge is 0.340 e. The first-order chi connectivity index (χ1) is 9.41. The number of carbonyl (C=O) groups excluding carboxylic acids is 2. The number of nitrogens with one attached hydrogen (secondary N) is 1. The van der Waals surface area contributed by atoms with Gasteiger partial charge in [0, 0.05) is 12.3 Å². The second-order valence-corrected chi connectivity index (χ2v) is 7.74. The minimum atomic E-state index is -0.667. The van der Waals surface area contributed by atoms with Crippen molar-refractivity contribution >= 4 is 23.6 Å². The molecule has 0 bridgehead atoms. The van der Waals surface area contributed by atoms with Crippen molar-refractivity contribution in [1.29, 1.82) is 0 Å². The molecule has 5 heteroatoms. The highest BCUT2D eigenvalue weighted by Gasteiger charge is 2.55. The van der Waals surface area contributed by atoms with E-state index in [0.717, 1.165) is 24.3 Å². The van der Waals surface area contributed by atoms with Gasteiger partial charge >= 0.3 is 0 Å². The molecule has 2 rings (SSSR count). The lowest BCUT2D eigenvalue weighted by Crippen LogP contribution is -2.71. The first-order valence-electron chi connectivity index (χ1n) is 7.62. The lowest BCUT2D eigenvalue weighted by atomic mass is 9.86. The highest BCUT2D eigenvalue weighted by molar-refractivity contribution is 7.99. The van der Waals surface area contributed by atoms with Gasteiger partial charge in [0.15, 0.2) is 0 Å². The summed E-state index contributed by atoms with van der Waals surface area (Å²) in [5, 5.41) is 3.02. The summed E-state index contributed by atoms with van der Waals surface area (Å²) in [6.45, 7) is 8.72. The highest BCUT2D eigenvalue weighted by Crippen LogP contribution is 2.42. The highest BCUT2D eigenvalue weighted by atomic mass is 32.2. The summed E-state index contributed by atoms with van der Waals surface area (Å²) in [6.07, 6.45) is 2.10. The van der Waals surface area contributed by atoms with Gasteiger partial charge in [-0.2, -0.15) is 11.8 Å². The van der Waals surface area contributed by atoms with Crippen LogP contribution in [-0.4, -0.2) is 46.3 Å². The molecule has 2 amide bonds. The number of thioether (sulfide) groups is 1. The molecule has 0 aromatic heterocycles. The quantitative estimate of drug-likeness (QED) is 0.762. The number of hydrogen-bond donors (Lipinski definition) is 1. The maximum Gasteiger partial charge on any atom is 0.249 e. The summed E-state index contributed by atoms with van der Waals surface area (Å²) in [4.78, 5) is 27.2. The third-order valence-electron chi connectivity index (χ3n) is 4.40. The molecule has 1 aliphatic heterocycles. The maximum atomic E-state index is 12.9. The average molecular weight is 298 g/mol. The maximum absolute atomic E-state index is 12.9. The number of piperazine rings is 1. The Morgan fingerprint density at radius 2 is 2.05 bits per heavy atom. The predicted molar refractivity (Wildman–Crippen MR) is 82.6 cm³/mol. The number of rotatable bonds is 6. The Labute approximate surface area is 126 Å². The van der Waals surface area contributed by atoms with Gasteiger partial charge in [0.05, 0.1) is 0 Å². The number of amides is 2. The summed E-state index contributed by atoms with van der Waals surface area (Å²) in [5.74, 6) is 2.56. The normalized spacial score (nSPS) is 30.9. The van der Waals surface area contributed by atoms with Crippen molar-refractivity contribution in [3.05, 3.63) is 0 Å². The molecule has 1 saturated carbocycles. The Morgan fingerprint density at radius 1 is 1.40 bits per heavy atom. The molecule has 4 nitrogen and oxygen atoms in total. The van der Waals surface area contributed by atoms with Gasteiger partial charge in [-0.15, -0.1) is 0 Å². The van der Waals surface area contributed by atoms with Gasteiger partial charge in [-0.05, 0) is 37.4 Å². The van der Waals surface area contributed by atoms with Crippen LogP contribution in [0, 0.1) is 11.8 Å². The fraction of sp³-hybridized carbons (Fsp3) is 0.867. The fourth-order valence-corrected chi connectivity index (χ4v) is 3.71. The van der Waals surface area contributed by atoms with Crippen LogP contribution in [0.5, 0.6) is 0 Å². The van der Waals surface area contributed by atoms with Crippen molar-refractivity contribution in [2.75, 3.05) is 18.1 Å². The van der Waals surface area contributed by atoms with Gasteiger partial charge in [0.1, 0.15) is 11.6 Å². The van der Waals surface area contributed by atoms with E-state index in [-0.39, 0.29) is 23.8 Å². The second kappa shape index (κ2) is 5.96. The first-order valence-corrected chi connectivity index (χ1v) is 8.78. The smallest absolute Gasteiger partial charge is 0.249 e. The van der Waals surface area contributed by atoms with E-state index in [2.05, 4.69) is 12.2 Å². The average Bonchev–Trinajstić information content (AvgIpc) is 3.19. The van der Waals surface area contributed by atoms with Gasteiger partial charge in [-0.3, -0.25) is 9.59 Å². The zero-order valence-electron chi connectivity index (χ0n) is 12.9. The van der Waals surface area contributed by atoms with Gasteiger partial charge in [0.25, 0.3) is 0 Å². The summed E-state index contributed by atoms with van der Waals surface area (Å²) >= 11 is 1.82. The van der Waals surface area contributed by atoms with Crippen molar-refractivity contribution in [1.82, 2.24) is 10.2 Å². The van der Waals surface area contributed by atoms with E-state index in [1.807, 2.05) is 37.4 Å². The Morgan fingerprint density at radius 3 is 2.55 bits per heavy atom. The molecule has 0 aromatic rings. The van der Waals surface area contributed by atoms with Crippen LogP contribution >= 0.6 is 11.8 Å². The Balaban J connectivity index is 2.19. The predicted octanol–water partition coefficient (Wildman–Crippen LogP) is 1.89. The van der Waals surface area contributed by atoms with E-state index in [0.29, 0.717) is 12.5 Å². The molecule has 1 N–H and O–H groups in total. The summed E-state index contributed by atoms with van der Waals surface area (Å²) in [7, 11) is 0. The van der Waals surface area contributed by atoms with Gasteiger partial charge in [-0.1, -0.05) is 20.8 Å². The lowest BCUT2D eigenvalue weighted by Gasteiger charge is -2.46. The molecular weight excluding hydrogens is 272 g/mol. The van der Waals surface area contributed by atoms with Crippen molar-refractivity contribution in [3.63, 3.8) is 0 Å². The second-order valence-electron chi connectivity index (χ2n) is 6.35.